The number of esters is 1. The fourth-order valence-corrected chi connectivity index (χ4v) is 2.13. The van der Waals surface area contributed by atoms with Crippen LogP contribution in [0.15, 0.2) is 18.2 Å². The molecule has 0 amide bonds. The first-order valence-electron chi connectivity index (χ1n) is 7.03. The Morgan fingerprint density at radius 1 is 1.35 bits per heavy atom. The fourth-order valence-electron chi connectivity index (χ4n) is 2.13. The average Bonchev–Trinajstić information content (AvgIpc) is 2.91. The minimum atomic E-state index is -0.259. The van der Waals surface area contributed by atoms with Gasteiger partial charge in [-0.1, -0.05) is 19.4 Å². The van der Waals surface area contributed by atoms with Crippen LogP contribution in [0.2, 0.25) is 0 Å². The zero-order valence-corrected chi connectivity index (χ0v) is 12.0. The van der Waals surface area contributed by atoms with E-state index < -0.39 is 0 Å². The average molecular weight is 279 g/mol. The van der Waals surface area contributed by atoms with Gasteiger partial charge in [-0.25, -0.2) is 0 Å². The van der Waals surface area contributed by atoms with E-state index in [1.807, 2.05) is 25.1 Å². The third-order valence-electron chi connectivity index (χ3n) is 3.14. The van der Waals surface area contributed by atoms with Crippen LogP contribution in [0.4, 0.5) is 0 Å². The summed E-state index contributed by atoms with van der Waals surface area (Å²) in [6.45, 7) is 5.14. The van der Waals surface area contributed by atoms with Crippen LogP contribution in [0.1, 0.15) is 32.3 Å². The van der Waals surface area contributed by atoms with E-state index in [1.54, 1.807) is 0 Å². The molecule has 1 heterocycles. The van der Waals surface area contributed by atoms with Gasteiger partial charge in [0, 0.05) is 6.54 Å². The van der Waals surface area contributed by atoms with E-state index in [1.165, 1.54) is 0 Å². The second kappa shape index (κ2) is 7.14. The highest BCUT2D eigenvalue weighted by Gasteiger charge is 2.19. The molecular formula is C15H21NO4. The van der Waals surface area contributed by atoms with Crippen molar-refractivity contribution >= 4 is 5.97 Å². The zero-order chi connectivity index (χ0) is 14.4. The van der Waals surface area contributed by atoms with Crippen molar-refractivity contribution in [3.05, 3.63) is 23.8 Å². The molecule has 1 N–H and O–H groups in total. The maximum Gasteiger partial charge on any atom is 0.323 e. The monoisotopic (exact) mass is 279 g/mol. The molecule has 1 aliphatic heterocycles. The summed E-state index contributed by atoms with van der Waals surface area (Å²) >= 11 is 0. The molecule has 2 rings (SSSR count). The summed E-state index contributed by atoms with van der Waals surface area (Å²) in [7, 11) is 0. The number of carbonyl (C=O) groups is 1. The predicted octanol–water partition coefficient (Wildman–Crippen LogP) is 2.24. The molecule has 5 nitrogen and oxygen atoms in total. The first-order valence-corrected chi connectivity index (χ1v) is 7.03. The van der Waals surface area contributed by atoms with Crippen LogP contribution >= 0.6 is 0 Å². The topological polar surface area (TPSA) is 56.8 Å². The van der Waals surface area contributed by atoms with Gasteiger partial charge in [0.1, 0.15) is 6.04 Å². The van der Waals surface area contributed by atoms with E-state index in [4.69, 9.17) is 14.2 Å². The van der Waals surface area contributed by atoms with Gasteiger partial charge in [0.25, 0.3) is 0 Å². The summed E-state index contributed by atoms with van der Waals surface area (Å²) in [5, 5.41) is 3.24. The predicted molar refractivity (Wildman–Crippen MR) is 74.7 cm³/mol. The van der Waals surface area contributed by atoms with Crippen LogP contribution in [0.25, 0.3) is 0 Å². The Labute approximate surface area is 119 Å². The number of hydrogen-bond acceptors (Lipinski definition) is 5. The van der Waals surface area contributed by atoms with E-state index in [0.29, 0.717) is 13.2 Å². The Balaban J connectivity index is 1.93. The fraction of sp³-hybridized carbons (Fsp3) is 0.533. The summed E-state index contributed by atoms with van der Waals surface area (Å²) < 4.78 is 15.7. The van der Waals surface area contributed by atoms with Gasteiger partial charge in [-0.05, 0) is 31.0 Å². The number of carbonyl (C=O) groups excluding carboxylic acids is 1. The maximum absolute atomic E-state index is 11.8. The molecular weight excluding hydrogens is 258 g/mol. The van der Waals surface area contributed by atoms with E-state index in [9.17, 15) is 4.79 Å². The Kier molecular flexibility index (Phi) is 5.24. The van der Waals surface area contributed by atoms with Crippen molar-refractivity contribution in [2.24, 2.45) is 0 Å². The summed E-state index contributed by atoms with van der Waals surface area (Å²) in [4.78, 5) is 11.8. The Morgan fingerprint density at radius 2 is 2.15 bits per heavy atom. The zero-order valence-electron chi connectivity index (χ0n) is 12.0. The van der Waals surface area contributed by atoms with Gasteiger partial charge in [0.2, 0.25) is 6.79 Å². The number of ether oxygens (including phenoxy) is 3. The molecule has 0 aliphatic carbocycles. The lowest BCUT2D eigenvalue weighted by molar-refractivity contribution is -0.145. The number of hydrogen-bond donors (Lipinski definition) is 1. The second-order valence-corrected chi connectivity index (χ2v) is 4.66. The number of rotatable bonds is 7. The largest absolute Gasteiger partial charge is 0.465 e. The van der Waals surface area contributed by atoms with Crippen LogP contribution in [0, 0.1) is 0 Å². The Hall–Kier alpha value is -1.75. The lowest BCUT2D eigenvalue weighted by Crippen LogP contribution is -2.37. The van der Waals surface area contributed by atoms with Crippen LogP contribution in [0.5, 0.6) is 11.5 Å². The van der Waals surface area contributed by atoms with Gasteiger partial charge in [0.15, 0.2) is 11.5 Å². The van der Waals surface area contributed by atoms with Crippen LogP contribution in [0.3, 0.4) is 0 Å². The summed E-state index contributed by atoms with van der Waals surface area (Å²) in [6, 6.07) is 5.53. The van der Waals surface area contributed by atoms with E-state index in [-0.39, 0.29) is 18.8 Å². The van der Waals surface area contributed by atoms with Crippen molar-refractivity contribution in [3.63, 3.8) is 0 Å². The molecule has 1 aliphatic rings. The summed E-state index contributed by atoms with van der Waals surface area (Å²) in [5.74, 6) is 1.34. The van der Waals surface area contributed by atoms with Crippen molar-refractivity contribution in [3.8, 4) is 11.5 Å². The van der Waals surface area contributed by atoms with Crippen LogP contribution < -0.4 is 14.8 Å². The molecule has 0 saturated heterocycles. The lowest BCUT2D eigenvalue weighted by atomic mass is 10.1. The first kappa shape index (κ1) is 14.7. The van der Waals surface area contributed by atoms with Crippen molar-refractivity contribution < 1.29 is 19.0 Å². The Bertz CT molecular complexity index is 461. The standard InChI is InChI=1S/C15H21NO4/c1-3-5-12(15(17)18-4-2)16-9-11-6-7-13-14(8-11)20-10-19-13/h6-8,12,16H,3-5,9-10H2,1-2H3. The molecule has 1 unspecified atom stereocenters. The van der Waals surface area contributed by atoms with Gasteiger partial charge in [-0.2, -0.15) is 0 Å². The molecule has 110 valence electrons. The molecule has 1 aromatic rings. The SMILES string of the molecule is CCCC(NCc1ccc2c(c1)OCO2)C(=O)OCC. The molecule has 0 spiro atoms. The van der Waals surface area contributed by atoms with E-state index >= 15 is 0 Å². The highest BCUT2D eigenvalue weighted by molar-refractivity contribution is 5.75. The molecule has 5 heteroatoms. The molecule has 1 aromatic carbocycles. The highest BCUT2D eigenvalue weighted by atomic mass is 16.7. The van der Waals surface area contributed by atoms with Crippen molar-refractivity contribution in [2.75, 3.05) is 13.4 Å². The lowest BCUT2D eigenvalue weighted by Gasteiger charge is -2.16. The molecule has 0 saturated carbocycles. The molecule has 0 bridgehead atoms. The van der Waals surface area contributed by atoms with E-state index in [2.05, 4.69) is 12.2 Å². The molecule has 0 radical (unpaired) electrons. The maximum atomic E-state index is 11.8. The van der Waals surface area contributed by atoms with Crippen molar-refractivity contribution in [1.82, 2.24) is 5.32 Å². The van der Waals surface area contributed by atoms with Gasteiger partial charge < -0.3 is 19.5 Å². The number of benzene rings is 1. The number of fused-ring (bicyclic) bond motifs is 1. The van der Waals surface area contributed by atoms with Gasteiger partial charge >= 0.3 is 5.97 Å². The molecule has 1 atom stereocenters. The molecule has 0 aromatic heterocycles. The van der Waals surface area contributed by atoms with Crippen molar-refractivity contribution in [2.45, 2.75) is 39.3 Å². The van der Waals surface area contributed by atoms with Crippen LogP contribution in [-0.2, 0) is 16.1 Å². The van der Waals surface area contributed by atoms with Gasteiger partial charge in [-0.3, -0.25) is 4.79 Å². The quantitative estimate of drug-likeness (QED) is 0.776. The third kappa shape index (κ3) is 3.63. The second-order valence-electron chi connectivity index (χ2n) is 4.66. The van der Waals surface area contributed by atoms with Gasteiger partial charge in [0.05, 0.1) is 6.61 Å². The smallest absolute Gasteiger partial charge is 0.323 e. The normalized spacial score (nSPS) is 14.1. The number of nitrogens with one attached hydrogen (secondary N) is 1. The van der Waals surface area contributed by atoms with Crippen LogP contribution in [-0.4, -0.2) is 25.4 Å². The highest BCUT2D eigenvalue weighted by Crippen LogP contribution is 2.32. The molecule has 20 heavy (non-hydrogen) atoms. The summed E-state index contributed by atoms with van der Waals surface area (Å²) in [5.41, 5.74) is 1.06. The minimum Gasteiger partial charge on any atom is -0.465 e. The minimum absolute atomic E-state index is 0.185. The van der Waals surface area contributed by atoms with Gasteiger partial charge in [-0.15, -0.1) is 0 Å². The first-order chi connectivity index (χ1) is 9.74. The summed E-state index contributed by atoms with van der Waals surface area (Å²) in [6.07, 6.45) is 1.70. The Morgan fingerprint density at radius 3 is 2.90 bits per heavy atom. The molecule has 0 fully saturated rings. The van der Waals surface area contributed by atoms with E-state index in [0.717, 1.165) is 29.9 Å². The van der Waals surface area contributed by atoms with Crippen molar-refractivity contribution in [1.29, 1.82) is 0 Å². The third-order valence-corrected chi connectivity index (χ3v) is 3.14.